The van der Waals surface area contributed by atoms with E-state index in [4.69, 9.17) is 0 Å². The Morgan fingerprint density at radius 2 is 1.80 bits per heavy atom. The molecule has 128 valence electrons. The van der Waals surface area contributed by atoms with Crippen molar-refractivity contribution < 1.29 is 9.18 Å². The van der Waals surface area contributed by atoms with E-state index in [2.05, 4.69) is 5.32 Å². The van der Waals surface area contributed by atoms with E-state index < -0.39 is 0 Å². The highest BCUT2D eigenvalue weighted by molar-refractivity contribution is 7.10. The van der Waals surface area contributed by atoms with Crippen LogP contribution in [0.15, 0.2) is 72.1 Å². The summed E-state index contributed by atoms with van der Waals surface area (Å²) >= 11 is 1.57. The number of amides is 1. The highest BCUT2D eigenvalue weighted by Crippen LogP contribution is 2.26. The van der Waals surface area contributed by atoms with Crippen LogP contribution in [0.4, 0.5) is 10.1 Å². The number of rotatable bonds is 6. The van der Waals surface area contributed by atoms with Gasteiger partial charge in [-0.1, -0.05) is 36.4 Å². The molecule has 2 aromatic carbocycles. The molecule has 0 radical (unpaired) electrons. The first kappa shape index (κ1) is 17.2. The number of halogens is 1. The number of hydrogen-bond donors (Lipinski definition) is 1. The molecule has 0 aliphatic heterocycles. The topological polar surface area (TPSA) is 32.3 Å². The van der Waals surface area contributed by atoms with Crippen LogP contribution in [0.25, 0.3) is 0 Å². The summed E-state index contributed by atoms with van der Waals surface area (Å²) in [6.07, 6.45) is 0. The van der Waals surface area contributed by atoms with Crippen LogP contribution in [-0.2, 0) is 4.79 Å². The maximum atomic E-state index is 13.2. The Morgan fingerprint density at radius 3 is 2.44 bits per heavy atom. The van der Waals surface area contributed by atoms with Gasteiger partial charge in [0.25, 0.3) is 0 Å². The van der Waals surface area contributed by atoms with Crippen LogP contribution in [0.2, 0.25) is 0 Å². The molecule has 0 spiro atoms. The van der Waals surface area contributed by atoms with E-state index in [0.717, 1.165) is 16.1 Å². The Hall–Kier alpha value is -2.66. The molecular formula is C20H19FN2OS. The molecule has 1 heterocycles. The lowest BCUT2D eigenvalue weighted by molar-refractivity contribution is -0.120. The number of nitrogens with one attached hydrogen (secondary N) is 1. The van der Waals surface area contributed by atoms with Crippen LogP contribution >= 0.6 is 11.3 Å². The van der Waals surface area contributed by atoms with Crippen molar-refractivity contribution in [2.75, 3.05) is 18.5 Å². The number of anilines is 1. The Labute approximate surface area is 150 Å². The molecule has 3 aromatic rings. The lowest BCUT2D eigenvalue weighted by Gasteiger charge is -2.22. The molecule has 1 amide bonds. The molecule has 1 atom stereocenters. The predicted molar refractivity (Wildman–Crippen MR) is 100 cm³/mol. The molecule has 1 aromatic heterocycles. The summed E-state index contributed by atoms with van der Waals surface area (Å²) in [6.45, 7) is 0.243. The van der Waals surface area contributed by atoms with Gasteiger partial charge in [-0.15, -0.1) is 11.3 Å². The molecule has 25 heavy (non-hydrogen) atoms. The van der Waals surface area contributed by atoms with Gasteiger partial charge in [0.05, 0.1) is 12.6 Å². The smallest absolute Gasteiger partial charge is 0.240 e. The first-order valence-electron chi connectivity index (χ1n) is 7.98. The van der Waals surface area contributed by atoms with Gasteiger partial charge < -0.3 is 10.2 Å². The molecule has 0 aliphatic rings. The van der Waals surface area contributed by atoms with Gasteiger partial charge in [-0.25, -0.2) is 4.39 Å². The number of thiophene rings is 1. The average molecular weight is 354 g/mol. The fourth-order valence-electron chi connectivity index (χ4n) is 2.63. The van der Waals surface area contributed by atoms with Crippen molar-refractivity contribution in [3.05, 3.63) is 88.4 Å². The number of para-hydroxylation sites is 1. The van der Waals surface area contributed by atoms with E-state index in [1.807, 2.05) is 59.8 Å². The third kappa shape index (κ3) is 4.45. The summed E-state index contributed by atoms with van der Waals surface area (Å²) in [7, 11) is 1.88. The van der Waals surface area contributed by atoms with E-state index in [9.17, 15) is 9.18 Å². The van der Waals surface area contributed by atoms with E-state index in [1.165, 1.54) is 12.1 Å². The Bertz CT molecular complexity index is 803. The monoisotopic (exact) mass is 354 g/mol. The van der Waals surface area contributed by atoms with Crippen molar-refractivity contribution in [2.45, 2.75) is 6.04 Å². The van der Waals surface area contributed by atoms with Gasteiger partial charge in [0.2, 0.25) is 5.91 Å². The average Bonchev–Trinajstić information content (AvgIpc) is 3.15. The lowest BCUT2D eigenvalue weighted by Crippen LogP contribution is -2.37. The lowest BCUT2D eigenvalue weighted by atomic mass is 10.1. The number of hydrogen-bond acceptors (Lipinski definition) is 3. The normalized spacial score (nSPS) is 11.8. The van der Waals surface area contributed by atoms with Crippen LogP contribution in [0, 0.1) is 5.82 Å². The first-order chi connectivity index (χ1) is 12.1. The fourth-order valence-corrected chi connectivity index (χ4v) is 3.43. The second-order valence-electron chi connectivity index (χ2n) is 5.76. The molecule has 0 saturated heterocycles. The zero-order valence-corrected chi connectivity index (χ0v) is 14.7. The summed E-state index contributed by atoms with van der Waals surface area (Å²) in [5, 5.41) is 5.03. The van der Waals surface area contributed by atoms with Gasteiger partial charge in [-0.05, 0) is 41.3 Å². The molecule has 1 N–H and O–H groups in total. The summed E-state index contributed by atoms with van der Waals surface area (Å²) in [4.78, 5) is 15.5. The van der Waals surface area contributed by atoms with Crippen molar-refractivity contribution in [3.63, 3.8) is 0 Å². The van der Waals surface area contributed by atoms with E-state index in [1.54, 1.807) is 23.5 Å². The minimum Gasteiger partial charge on any atom is -0.365 e. The number of carbonyl (C=O) groups is 1. The summed E-state index contributed by atoms with van der Waals surface area (Å²) in [6, 6.07) is 19.6. The predicted octanol–water partition coefficient (Wildman–Crippen LogP) is 4.23. The third-order valence-electron chi connectivity index (χ3n) is 3.91. The minimum absolute atomic E-state index is 0.0888. The second-order valence-corrected chi connectivity index (χ2v) is 6.74. The standard InChI is InChI=1S/C20H19FN2OS/c1-23(17-6-3-2-4-7-17)14-19(24)22-20(18-8-5-13-25-18)15-9-11-16(21)12-10-15/h2-13,20H,14H2,1H3,(H,22,24). The van der Waals surface area contributed by atoms with Crippen molar-refractivity contribution >= 4 is 22.9 Å². The molecule has 3 rings (SSSR count). The number of carbonyl (C=O) groups excluding carboxylic acids is 1. The van der Waals surface area contributed by atoms with Crippen LogP contribution in [0.5, 0.6) is 0 Å². The van der Waals surface area contributed by atoms with Crippen molar-refractivity contribution in [2.24, 2.45) is 0 Å². The van der Waals surface area contributed by atoms with E-state index in [0.29, 0.717) is 0 Å². The van der Waals surface area contributed by atoms with Crippen LogP contribution in [0.1, 0.15) is 16.5 Å². The second kappa shape index (κ2) is 7.94. The molecule has 0 fully saturated rings. The summed E-state index contributed by atoms with van der Waals surface area (Å²) in [5.74, 6) is -0.377. The zero-order chi connectivity index (χ0) is 17.6. The fraction of sp³-hybridized carbons (Fsp3) is 0.150. The first-order valence-corrected chi connectivity index (χ1v) is 8.86. The quantitative estimate of drug-likeness (QED) is 0.718. The molecule has 0 bridgehead atoms. The maximum absolute atomic E-state index is 13.2. The van der Waals surface area contributed by atoms with Gasteiger partial charge in [0, 0.05) is 17.6 Å². The SMILES string of the molecule is CN(CC(=O)NC(c1ccc(F)cc1)c1cccs1)c1ccccc1. The largest absolute Gasteiger partial charge is 0.365 e. The number of likely N-dealkylation sites (N-methyl/N-ethyl adjacent to an activating group) is 1. The minimum atomic E-state index is -0.288. The van der Waals surface area contributed by atoms with Crippen LogP contribution in [0.3, 0.4) is 0 Å². The third-order valence-corrected chi connectivity index (χ3v) is 4.85. The Morgan fingerprint density at radius 1 is 1.08 bits per heavy atom. The van der Waals surface area contributed by atoms with Gasteiger partial charge >= 0.3 is 0 Å². The Balaban J connectivity index is 1.74. The number of nitrogens with zero attached hydrogens (tertiary/aromatic N) is 1. The Kier molecular flexibility index (Phi) is 5.46. The van der Waals surface area contributed by atoms with Crippen molar-refractivity contribution in [1.29, 1.82) is 0 Å². The molecular weight excluding hydrogens is 335 g/mol. The summed E-state index contributed by atoms with van der Waals surface area (Å²) in [5.41, 5.74) is 1.84. The van der Waals surface area contributed by atoms with Gasteiger partial charge in [0.1, 0.15) is 5.82 Å². The molecule has 0 saturated carbocycles. The van der Waals surface area contributed by atoms with Gasteiger partial charge in [0.15, 0.2) is 0 Å². The molecule has 0 aliphatic carbocycles. The van der Waals surface area contributed by atoms with Gasteiger partial charge in [-0.3, -0.25) is 4.79 Å². The van der Waals surface area contributed by atoms with E-state index >= 15 is 0 Å². The molecule has 5 heteroatoms. The van der Waals surface area contributed by atoms with Gasteiger partial charge in [-0.2, -0.15) is 0 Å². The van der Waals surface area contributed by atoms with Crippen LogP contribution in [-0.4, -0.2) is 19.5 Å². The zero-order valence-electron chi connectivity index (χ0n) is 13.9. The van der Waals surface area contributed by atoms with E-state index in [-0.39, 0.29) is 24.3 Å². The molecule has 1 unspecified atom stereocenters. The maximum Gasteiger partial charge on any atom is 0.240 e. The highest BCUT2D eigenvalue weighted by Gasteiger charge is 2.19. The molecule has 3 nitrogen and oxygen atoms in total. The number of benzene rings is 2. The highest BCUT2D eigenvalue weighted by atomic mass is 32.1. The van der Waals surface area contributed by atoms with Crippen LogP contribution < -0.4 is 10.2 Å². The van der Waals surface area contributed by atoms with Crippen molar-refractivity contribution in [1.82, 2.24) is 5.32 Å². The summed E-state index contributed by atoms with van der Waals surface area (Å²) < 4.78 is 13.2. The van der Waals surface area contributed by atoms with Crippen molar-refractivity contribution in [3.8, 4) is 0 Å².